The maximum Gasteiger partial charge on any atom is 0.347 e. The molecule has 0 amide bonds. The van der Waals surface area contributed by atoms with Crippen LogP contribution in [0.25, 0.3) is 0 Å². The van der Waals surface area contributed by atoms with Crippen molar-refractivity contribution in [3.63, 3.8) is 0 Å². The van der Waals surface area contributed by atoms with Gasteiger partial charge in [-0.25, -0.2) is 4.79 Å². The predicted molar refractivity (Wildman–Crippen MR) is 71.1 cm³/mol. The number of nitrogens with two attached hydrogens (primary N) is 1. The Morgan fingerprint density at radius 2 is 2.11 bits per heavy atom. The van der Waals surface area contributed by atoms with Gasteiger partial charge in [-0.15, -0.1) is 0 Å². The molecule has 1 rings (SSSR count). The summed E-state index contributed by atoms with van der Waals surface area (Å²) in [5, 5.41) is 0.788. The number of ether oxygens (including phenoxy) is 2. The van der Waals surface area contributed by atoms with E-state index in [1.807, 2.05) is 0 Å². The molecule has 0 heterocycles. The first kappa shape index (κ1) is 15.1. The molecule has 0 spiro atoms. The van der Waals surface area contributed by atoms with E-state index in [2.05, 4.69) is 0 Å². The lowest BCUT2D eigenvalue weighted by molar-refractivity contribution is -0.150. The third kappa shape index (κ3) is 3.77. The third-order valence-corrected chi connectivity index (χ3v) is 2.72. The molecule has 0 radical (unpaired) electrons. The number of carbonyl (C=O) groups excluding carboxylic acids is 1. The number of benzene rings is 1. The van der Waals surface area contributed by atoms with Crippen molar-refractivity contribution in [2.24, 2.45) is 5.73 Å². The predicted octanol–water partition coefficient (Wildman–Crippen LogP) is 2.78. The number of hydrogen-bond acceptors (Lipinski definition) is 4. The van der Waals surface area contributed by atoms with Gasteiger partial charge in [0.15, 0.2) is 6.10 Å². The summed E-state index contributed by atoms with van der Waals surface area (Å²) in [4.78, 5) is 11.5. The quantitative estimate of drug-likeness (QED) is 0.848. The van der Waals surface area contributed by atoms with E-state index in [-0.39, 0.29) is 6.54 Å². The first-order valence-corrected chi connectivity index (χ1v) is 6.26. The Morgan fingerprint density at radius 3 is 2.67 bits per heavy atom. The number of rotatable bonds is 5. The number of esters is 1. The van der Waals surface area contributed by atoms with Crippen molar-refractivity contribution < 1.29 is 14.3 Å². The van der Waals surface area contributed by atoms with E-state index in [9.17, 15) is 4.79 Å². The lowest BCUT2D eigenvalue weighted by Gasteiger charge is -2.17. The molecule has 6 heteroatoms. The molecule has 1 atom stereocenters. The van der Waals surface area contributed by atoms with Gasteiger partial charge in [0.25, 0.3) is 0 Å². The molecule has 1 aromatic rings. The smallest absolute Gasteiger partial charge is 0.347 e. The fraction of sp³-hybridized carbons (Fsp3) is 0.417. The lowest BCUT2D eigenvalue weighted by Crippen LogP contribution is -2.26. The molecular formula is C12H15Cl2NO3. The Bertz CT molecular complexity index is 438. The number of carbonyl (C=O) groups is 1. The Balaban J connectivity index is 2.93. The van der Waals surface area contributed by atoms with Gasteiger partial charge in [-0.3, -0.25) is 0 Å². The van der Waals surface area contributed by atoms with Crippen LogP contribution in [0.15, 0.2) is 12.1 Å². The van der Waals surface area contributed by atoms with Crippen molar-refractivity contribution in [2.45, 2.75) is 26.5 Å². The Kier molecular flexibility index (Phi) is 5.72. The molecule has 0 fully saturated rings. The second-order valence-electron chi connectivity index (χ2n) is 3.59. The lowest BCUT2D eigenvalue weighted by atomic mass is 10.2. The topological polar surface area (TPSA) is 61.5 Å². The highest BCUT2D eigenvalue weighted by molar-refractivity contribution is 6.35. The second-order valence-corrected chi connectivity index (χ2v) is 4.44. The van der Waals surface area contributed by atoms with E-state index in [0.717, 1.165) is 0 Å². The first-order valence-electron chi connectivity index (χ1n) is 5.50. The van der Waals surface area contributed by atoms with Crippen LogP contribution in [0.3, 0.4) is 0 Å². The molecule has 0 aliphatic heterocycles. The van der Waals surface area contributed by atoms with Gasteiger partial charge in [-0.2, -0.15) is 0 Å². The van der Waals surface area contributed by atoms with Crippen LogP contribution < -0.4 is 10.5 Å². The minimum absolute atomic E-state index is 0.213. The van der Waals surface area contributed by atoms with E-state index < -0.39 is 12.1 Å². The van der Waals surface area contributed by atoms with E-state index in [4.69, 9.17) is 38.4 Å². The van der Waals surface area contributed by atoms with Crippen LogP contribution in [-0.4, -0.2) is 18.7 Å². The zero-order chi connectivity index (χ0) is 13.7. The first-order chi connectivity index (χ1) is 8.49. The molecule has 0 aliphatic rings. The van der Waals surface area contributed by atoms with Crippen LogP contribution in [0.2, 0.25) is 10.0 Å². The van der Waals surface area contributed by atoms with Crippen LogP contribution >= 0.6 is 23.2 Å². The van der Waals surface area contributed by atoms with Crippen molar-refractivity contribution in [2.75, 3.05) is 6.61 Å². The summed E-state index contributed by atoms with van der Waals surface area (Å²) in [6.07, 6.45) is -0.756. The summed E-state index contributed by atoms with van der Waals surface area (Å²) < 4.78 is 10.3. The van der Waals surface area contributed by atoms with Crippen molar-refractivity contribution in [3.8, 4) is 5.75 Å². The average molecular weight is 292 g/mol. The summed E-state index contributed by atoms with van der Waals surface area (Å²) in [6.45, 7) is 3.82. The Morgan fingerprint density at radius 1 is 1.44 bits per heavy atom. The van der Waals surface area contributed by atoms with Crippen LogP contribution in [0.1, 0.15) is 19.4 Å². The summed E-state index contributed by atoms with van der Waals surface area (Å²) in [5.41, 5.74) is 6.23. The molecule has 100 valence electrons. The highest BCUT2D eigenvalue weighted by Gasteiger charge is 2.19. The average Bonchev–Trinajstić information content (AvgIpc) is 2.32. The Labute approximate surface area is 116 Å². The van der Waals surface area contributed by atoms with Crippen molar-refractivity contribution in [1.29, 1.82) is 0 Å². The third-order valence-electron chi connectivity index (χ3n) is 2.22. The van der Waals surface area contributed by atoms with Gasteiger partial charge in [0.1, 0.15) is 5.75 Å². The van der Waals surface area contributed by atoms with Crippen LogP contribution in [-0.2, 0) is 16.1 Å². The minimum atomic E-state index is -0.756. The van der Waals surface area contributed by atoms with Crippen molar-refractivity contribution in [1.82, 2.24) is 0 Å². The van der Waals surface area contributed by atoms with Crippen molar-refractivity contribution >= 4 is 29.2 Å². The van der Waals surface area contributed by atoms with Gasteiger partial charge in [-0.05, 0) is 26.0 Å². The zero-order valence-corrected chi connectivity index (χ0v) is 11.7. The van der Waals surface area contributed by atoms with Gasteiger partial charge in [0.2, 0.25) is 0 Å². The van der Waals surface area contributed by atoms with Gasteiger partial charge in [0.05, 0.1) is 11.6 Å². The highest BCUT2D eigenvalue weighted by atomic mass is 35.5. The van der Waals surface area contributed by atoms with Crippen LogP contribution in [0.5, 0.6) is 5.75 Å². The standard InChI is InChI=1S/C12H15Cl2NO3/c1-3-17-12(16)7(2)18-11-8(6-15)4-9(13)5-10(11)14/h4-5,7H,3,6,15H2,1-2H3. The molecule has 0 saturated heterocycles. The van der Waals surface area contributed by atoms with Crippen LogP contribution in [0, 0.1) is 0 Å². The summed E-state index contributed by atoms with van der Waals surface area (Å²) in [6, 6.07) is 3.19. The fourth-order valence-electron chi connectivity index (χ4n) is 1.38. The van der Waals surface area contributed by atoms with Gasteiger partial charge < -0.3 is 15.2 Å². The molecule has 4 nitrogen and oxygen atoms in total. The molecule has 1 aromatic carbocycles. The van der Waals surface area contributed by atoms with E-state index >= 15 is 0 Å². The second kappa shape index (κ2) is 6.83. The van der Waals surface area contributed by atoms with Gasteiger partial charge >= 0.3 is 5.97 Å². The monoisotopic (exact) mass is 291 g/mol. The molecule has 0 saturated carbocycles. The van der Waals surface area contributed by atoms with E-state index in [1.54, 1.807) is 19.9 Å². The summed E-state index contributed by atoms with van der Waals surface area (Å²) in [5.74, 6) is -0.0874. The molecule has 18 heavy (non-hydrogen) atoms. The molecule has 0 bridgehead atoms. The van der Waals surface area contributed by atoms with Crippen molar-refractivity contribution in [3.05, 3.63) is 27.7 Å². The van der Waals surface area contributed by atoms with E-state index in [0.29, 0.717) is 28.0 Å². The molecule has 0 aromatic heterocycles. The summed E-state index contributed by atoms with van der Waals surface area (Å²) in [7, 11) is 0. The minimum Gasteiger partial charge on any atom is -0.477 e. The Hall–Kier alpha value is -0.970. The van der Waals surface area contributed by atoms with E-state index in [1.165, 1.54) is 6.07 Å². The number of hydrogen-bond donors (Lipinski definition) is 1. The molecule has 0 aliphatic carbocycles. The zero-order valence-electron chi connectivity index (χ0n) is 10.2. The largest absolute Gasteiger partial charge is 0.477 e. The SMILES string of the molecule is CCOC(=O)C(C)Oc1c(Cl)cc(Cl)cc1CN. The molecular weight excluding hydrogens is 277 g/mol. The normalized spacial score (nSPS) is 12.1. The fourth-order valence-corrected chi connectivity index (χ4v) is 1.96. The maximum absolute atomic E-state index is 11.5. The van der Waals surface area contributed by atoms with Gasteiger partial charge in [-0.1, -0.05) is 23.2 Å². The van der Waals surface area contributed by atoms with Gasteiger partial charge in [0, 0.05) is 17.1 Å². The maximum atomic E-state index is 11.5. The highest BCUT2D eigenvalue weighted by Crippen LogP contribution is 2.33. The van der Waals surface area contributed by atoms with Crippen LogP contribution in [0.4, 0.5) is 0 Å². The number of halogens is 2. The summed E-state index contributed by atoms with van der Waals surface area (Å²) >= 11 is 11.9. The molecule has 1 unspecified atom stereocenters. The molecule has 2 N–H and O–H groups in total.